The summed E-state index contributed by atoms with van der Waals surface area (Å²) >= 11 is 6.19. The molecule has 0 saturated heterocycles. The van der Waals surface area contributed by atoms with Crippen molar-refractivity contribution in [2.45, 2.75) is 22.5 Å². The molecule has 5 nitrogen and oxygen atoms in total. The lowest BCUT2D eigenvalue weighted by atomic mass is 10.3. The SMILES string of the molecule is CCSc1nnc(SCC(=O)N(CC)c2nc3ccccc3s2)s1. The fourth-order valence-electron chi connectivity index (χ4n) is 2.03. The van der Waals surface area contributed by atoms with E-state index in [1.54, 1.807) is 28.0 Å². The minimum atomic E-state index is 0.0430. The van der Waals surface area contributed by atoms with Crippen molar-refractivity contribution in [1.82, 2.24) is 15.2 Å². The Labute approximate surface area is 156 Å². The molecule has 0 aliphatic heterocycles. The molecule has 2 heterocycles. The van der Waals surface area contributed by atoms with Gasteiger partial charge in [0.05, 0.1) is 16.0 Å². The first kappa shape index (κ1) is 17.7. The van der Waals surface area contributed by atoms with E-state index in [0.29, 0.717) is 12.3 Å². The van der Waals surface area contributed by atoms with E-state index in [2.05, 4.69) is 22.1 Å². The van der Waals surface area contributed by atoms with Gasteiger partial charge in [0, 0.05) is 6.54 Å². The molecule has 0 bridgehead atoms. The summed E-state index contributed by atoms with van der Waals surface area (Å²) in [6.45, 7) is 4.65. The predicted molar refractivity (Wildman–Crippen MR) is 105 cm³/mol. The van der Waals surface area contributed by atoms with Gasteiger partial charge in [0.25, 0.3) is 0 Å². The predicted octanol–water partition coefficient (Wildman–Crippen LogP) is 4.41. The molecule has 0 saturated carbocycles. The van der Waals surface area contributed by atoms with Gasteiger partial charge in [-0.15, -0.1) is 10.2 Å². The van der Waals surface area contributed by atoms with Crippen molar-refractivity contribution in [2.24, 2.45) is 0 Å². The molecule has 0 radical (unpaired) electrons. The van der Waals surface area contributed by atoms with E-state index in [0.717, 1.165) is 29.8 Å². The largest absolute Gasteiger partial charge is 0.288 e. The average Bonchev–Trinajstić information content (AvgIpc) is 3.20. The van der Waals surface area contributed by atoms with Gasteiger partial charge in [-0.05, 0) is 24.8 Å². The van der Waals surface area contributed by atoms with E-state index in [-0.39, 0.29) is 5.91 Å². The number of fused-ring (bicyclic) bond motifs is 1. The number of thioether (sulfide) groups is 2. The Hall–Kier alpha value is -1.16. The number of hydrogen-bond acceptors (Lipinski definition) is 8. The summed E-state index contributed by atoms with van der Waals surface area (Å²) in [4.78, 5) is 18.9. The maximum Gasteiger partial charge on any atom is 0.239 e. The highest BCUT2D eigenvalue weighted by molar-refractivity contribution is 8.03. The first-order valence-corrected chi connectivity index (χ1v) is 11.1. The van der Waals surface area contributed by atoms with Gasteiger partial charge >= 0.3 is 0 Å². The summed E-state index contributed by atoms with van der Waals surface area (Å²) in [5, 5.41) is 8.99. The number of thiazole rings is 1. The average molecular weight is 397 g/mol. The molecule has 0 N–H and O–H groups in total. The van der Waals surface area contributed by atoms with Gasteiger partial charge in [-0.2, -0.15) is 0 Å². The first-order chi connectivity index (χ1) is 11.7. The van der Waals surface area contributed by atoms with E-state index in [9.17, 15) is 4.79 Å². The van der Waals surface area contributed by atoms with Crippen molar-refractivity contribution in [3.05, 3.63) is 24.3 Å². The fourth-order valence-corrected chi connectivity index (χ4v) is 5.87. The summed E-state index contributed by atoms with van der Waals surface area (Å²) in [6, 6.07) is 7.94. The zero-order valence-corrected chi connectivity index (χ0v) is 16.5. The second-order valence-corrected chi connectivity index (χ2v) is 9.38. The topological polar surface area (TPSA) is 59.0 Å². The summed E-state index contributed by atoms with van der Waals surface area (Å²) in [5.74, 6) is 1.36. The number of nitrogens with zero attached hydrogens (tertiary/aromatic N) is 4. The van der Waals surface area contributed by atoms with Gasteiger partial charge < -0.3 is 0 Å². The van der Waals surface area contributed by atoms with Gasteiger partial charge in [0.2, 0.25) is 5.91 Å². The van der Waals surface area contributed by atoms with Gasteiger partial charge in [0.15, 0.2) is 13.8 Å². The van der Waals surface area contributed by atoms with E-state index < -0.39 is 0 Å². The highest BCUT2D eigenvalue weighted by Crippen LogP contribution is 2.31. The molecule has 1 amide bonds. The molecular formula is C15H16N4OS4. The number of carbonyl (C=O) groups is 1. The number of amides is 1. The molecule has 2 aromatic heterocycles. The van der Waals surface area contributed by atoms with E-state index in [1.165, 1.54) is 23.1 Å². The molecule has 3 aromatic rings. The Morgan fingerprint density at radius 3 is 2.58 bits per heavy atom. The summed E-state index contributed by atoms with van der Waals surface area (Å²) < 4.78 is 2.88. The second-order valence-electron chi connectivity index (χ2n) is 4.66. The van der Waals surface area contributed by atoms with Crippen LogP contribution in [0.5, 0.6) is 0 Å². The number of anilines is 1. The summed E-state index contributed by atoms with van der Waals surface area (Å²) in [6.07, 6.45) is 0. The van der Waals surface area contributed by atoms with Crippen LogP contribution in [-0.2, 0) is 4.79 Å². The van der Waals surface area contributed by atoms with Crippen LogP contribution >= 0.6 is 46.2 Å². The van der Waals surface area contributed by atoms with Crippen LogP contribution in [0.4, 0.5) is 5.13 Å². The Kier molecular flexibility index (Phi) is 6.09. The molecular weight excluding hydrogens is 380 g/mol. The van der Waals surface area contributed by atoms with Crippen LogP contribution in [0.2, 0.25) is 0 Å². The number of hydrogen-bond donors (Lipinski definition) is 0. The maximum absolute atomic E-state index is 12.6. The third kappa shape index (κ3) is 4.08. The van der Waals surface area contributed by atoms with Crippen LogP contribution in [0.3, 0.4) is 0 Å². The molecule has 3 rings (SSSR count). The third-order valence-electron chi connectivity index (χ3n) is 3.11. The molecule has 0 aliphatic carbocycles. The Morgan fingerprint density at radius 2 is 1.88 bits per heavy atom. The van der Waals surface area contributed by atoms with E-state index >= 15 is 0 Å². The van der Waals surface area contributed by atoms with Crippen LogP contribution in [0.25, 0.3) is 10.2 Å². The highest BCUT2D eigenvalue weighted by atomic mass is 32.2. The number of aromatic nitrogens is 3. The Bertz CT molecular complexity index is 799. The Morgan fingerprint density at radius 1 is 1.12 bits per heavy atom. The third-order valence-corrected chi connectivity index (χ3v) is 7.22. The molecule has 0 aliphatic rings. The minimum Gasteiger partial charge on any atom is -0.288 e. The van der Waals surface area contributed by atoms with Gasteiger partial charge in [-0.1, -0.05) is 65.3 Å². The second kappa shape index (κ2) is 8.28. The van der Waals surface area contributed by atoms with Crippen LogP contribution in [0.15, 0.2) is 32.9 Å². The van der Waals surface area contributed by atoms with Gasteiger partial charge in [-0.25, -0.2) is 4.98 Å². The molecule has 0 atom stereocenters. The molecule has 1 aromatic carbocycles. The van der Waals surface area contributed by atoms with Gasteiger partial charge in [0.1, 0.15) is 0 Å². The minimum absolute atomic E-state index is 0.0430. The van der Waals surface area contributed by atoms with Crippen LogP contribution in [0, 0.1) is 0 Å². The molecule has 9 heteroatoms. The van der Waals surface area contributed by atoms with Crippen LogP contribution < -0.4 is 4.90 Å². The molecule has 0 fully saturated rings. The monoisotopic (exact) mass is 396 g/mol. The number of rotatable bonds is 7. The molecule has 0 spiro atoms. The summed E-state index contributed by atoms with van der Waals surface area (Å²) in [5.41, 5.74) is 0.932. The van der Waals surface area contributed by atoms with Crippen molar-refractivity contribution in [3.63, 3.8) is 0 Å². The highest BCUT2D eigenvalue weighted by Gasteiger charge is 2.19. The van der Waals surface area contributed by atoms with Crippen LogP contribution in [-0.4, -0.2) is 39.1 Å². The molecule has 0 unspecified atom stereocenters. The smallest absolute Gasteiger partial charge is 0.239 e. The van der Waals surface area contributed by atoms with Crippen LogP contribution in [0.1, 0.15) is 13.8 Å². The number of para-hydroxylation sites is 1. The van der Waals surface area contributed by atoms with Crippen molar-refractivity contribution >= 4 is 67.5 Å². The van der Waals surface area contributed by atoms with E-state index in [4.69, 9.17) is 0 Å². The quantitative estimate of drug-likeness (QED) is 0.552. The lowest BCUT2D eigenvalue weighted by Crippen LogP contribution is -2.31. The maximum atomic E-state index is 12.6. The van der Waals surface area contributed by atoms with E-state index in [1.807, 2.05) is 31.2 Å². The zero-order valence-electron chi connectivity index (χ0n) is 13.3. The lowest BCUT2D eigenvalue weighted by molar-refractivity contribution is -0.116. The van der Waals surface area contributed by atoms with Crippen molar-refractivity contribution < 1.29 is 4.79 Å². The normalized spacial score (nSPS) is 11.1. The zero-order chi connectivity index (χ0) is 16.9. The van der Waals surface area contributed by atoms with Crippen molar-refractivity contribution in [1.29, 1.82) is 0 Å². The fraction of sp³-hybridized carbons (Fsp3) is 0.333. The lowest BCUT2D eigenvalue weighted by Gasteiger charge is -2.16. The number of benzene rings is 1. The number of carbonyl (C=O) groups excluding carboxylic acids is 1. The van der Waals surface area contributed by atoms with Crippen molar-refractivity contribution in [2.75, 3.05) is 23.0 Å². The summed E-state index contributed by atoms with van der Waals surface area (Å²) in [7, 11) is 0. The first-order valence-electron chi connectivity index (χ1n) is 7.46. The van der Waals surface area contributed by atoms with Gasteiger partial charge in [-0.3, -0.25) is 9.69 Å². The molecule has 24 heavy (non-hydrogen) atoms. The van der Waals surface area contributed by atoms with Crippen molar-refractivity contribution in [3.8, 4) is 0 Å². The molecule has 126 valence electrons. The standard InChI is InChI=1S/C15H16N4OS4/c1-3-19(13-16-10-7-5-6-8-11(10)23-13)12(20)9-22-15-18-17-14(24-15)21-4-2/h5-8H,3-4,9H2,1-2H3. The Balaban J connectivity index is 1.67.